The van der Waals surface area contributed by atoms with Crippen molar-refractivity contribution >= 4 is 15.8 Å². The highest BCUT2D eigenvalue weighted by molar-refractivity contribution is 7.92. The van der Waals surface area contributed by atoms with E-state index in [4.69, 9.17) is 0 Å². The van der Waals surface area contributed by atoms with E-state index >= 15 is 0 Å². The lowest BCUT2D eigenvalue weighted by Crippen LogP contribution is -2.17. The summed E-state index contributed by atoms with van der Waals surface area (Å²) in [4.78, 5) is 2.57. The average Bonchev–Trinajstić information content (AvgIpc) is 2.36. The van der Waals surface area contributed by atoms with Gasteiger partial charge in [0.2, 0.25) is 0 Å². The molecule has 0 saturated heterocycles. The molecule has 0 unspecified atom stereocenters. The normalized spacial score (nSPS) is 11.4. The standard InChI is InChI=1S/C12H9F3N2O2S/c1-7-5-10(15)11(6-9(7)14)20(18,19)17-12-8(13)3-2-4-16-12/h2-6H,1H3,(H,16,17). The second-order valence-electron chi connectivity index (χ2n) is 3.97. The number of pyridine rings is 1. The number of sulfonamides is 1. The Labute approximate surface area is 113 Å². The quantitative estimate of drug-likeness (QED) is 0.948. The Hall–Kier alpha value is -2.09. The number of anilines is 1. The molecule has 0 aliphatic carbocycles. The first-order valence-electron chi connectivity index (χ1n) is 5.40. The van der Waals surface area contributed by atoms with E-state index in [1.165, 1.54) is 13.0 Å². The average molecular weight is 302 g/mol. The number of hydrogen-bond donors (Lipinski definition) is 1. The van der Waals surface area contributed by atoms with Gasteiger partial charge in [0.25, 0.3) is 10.0 Å². The second kappa shape index (κ2) is 5.12. The van der Waals surface area contributed by atoms with Gasteiger partial charge in [-0.2, -0.15) is 0 Å². The zero-order valence-electron chi connectivity index (χ0n) is 10.2. The van der Waals surface area contributed by atoms with Crippen molar-refractivity contribution in [1.29, 1.82) is 0 Å². The molecule has 4 nitrogen and oxygen atoms in total. The molecule has 0 aliphatic rings. The van der Waals surface area contributed by atoms with Gasteiger partial charge < -0.3 is 0 Å². The molecule has 8 heteroatoms. The molecule has 20 heavy (non-hydrogen) atoms. The van der Waals surface area contributed by atoms with E-state index in [2.05, 4.69) is 4.98 Å². The van der Waals surface area contributed by atoms with Crippen LogP contribution in [-0.2, 0) is 10.0 Å². The number of rotatable bonds is 3. The first kappa shape index (κ1) is 14.3. The van der Waals surface area contributed by atoms with Crippen molar-refractivity contribution in [3.63, 3.8) is 0 Å². The molecule has 0 saturated carbocycles. The van der Waals surface area contributed by atoms with Crippen molar-refractivity contribution in [1.82, 2.24) is 4.98 Å². The highest BCUT2D eigenvalue weighted by atomic mass is 32.2. The highest BCUT2D eigenvalue weighted by Crippen LogP contribution is 2.22. The number of nitrogens with zero attached hydrogens (tertiary/aromatic N) is 1. The van der Waals surface area contributed by atoms with Crippen molar-refractivity contribution in [2.45, 2.75) is 11.8 Å². The predicted octanol–water partition coefficient (Wildman–Crippen LogP) is 2.61. The Bertz CT molecular complexity index is 763. The maximum atomic E-state index is 13.6. The third-order valence-corrected chi connectivity index (χ3v) is 3.85. The van der Waals surface area contributed by atoms with Crippen molar-refractivity contribution in [2.24, 2.45) is 0 Å². The molecule has 0 aliphatic heterocycles. The maximum absolute atomic E-state index is 13.6. The molecule has 0 atom stereocenters. The van der Waals surface area contributed by atoms with E-state index in [1.807, 2.05) is 0 Å². The number of benzene rings is 1. The van der Waals surface area contributed by atoms with Crippen LogP contribution >= 0.6 is 0 Å². The van der Waals surface area contributed by atoms with Gasteiger partial charge >= 0.3 is 0 Å². The number of hydrogen-bond acceptors (Lipinski definition) is 3. The Morgan fingerprint density at radius 1 is 1.10 bits per heavy atom. The Balaban J connectivity index is 2.47. The van der Waals surface area contributed by atoms with Crippen molar-refractivity contribution in [3.05, 3.63) is 53.5 Å². The molecule has 1 N–H and O–H groups in total. The number of nitrogens with one attached hydrogen (secondary N) is 1. The van der Waals surface area contributed by atoms with Crippen LogP contribution in [0.25, 0.3) is 0 Å². The zero-order valence-corrected chi connectivity index (χ0v) is 11.0. The second-order valence-corrected chi connectivity index (χ2v) is 5.62. The van der Waals surface area contributed by atoms with Crippen molar-refractivity contribution < 1.29 is 21.6 Å². The summed E-state index contributed by atoms with van der Waals surface area (Å²) in [6.45, 7) is 1.29. The molecule has 0 amide bonds. The molecule has 1 aromatic heterocycles. The smallest absolute Gasteiger partial charge is 0.261 e. The third-order valence-electron chi connectivity index (χ3n) is 2.49. The van der Waals surface area contributed by atoms with Crippen LogP contribution in [0.2, 0.25) is 0 Å². The monoisotopic (exact) mass is 302 g/mol. The maximum Gasteiger partial charge on any atom is 0.266 e. The first-order valence-corrected chi connectivity index (χ1v) is 6.88. The van der Waals surface area contributed by atoms with Crippen LogP contribution in [-0.4, -0.2) is 13.4 Å². The number of aryl methyl sites for hydroxylation is 1. The number of halogens is 3. The molecule has 0 radical (unpaired) electrons. The minimum absolute atomic E-state index is 0.0366. The van der Waals surface area contributed by atoms with Gasteiger partial charge in [0, 0.05) is 6.20 Å². The van der Waals surface area contributed by atoms with Gasteiger partial charge in [-0.15, -0.1) is 0 Å². The summed E-state index contributed by atoms with van der Waals surface area (Å²) in [7, 11) is -4.47. The zero-order chi connectivity index (χ0) is 14.9. The van der Waals surface area contributed by atoms with E-state index in [-0.39, 0.29) is 5.56 Å². The molecule has 1 heterocycles. The van der Waals surface area contributed by atoms with Gasteiger partial charge in [-0.25, -0.2) is 26.6 Å². The van der Waals surface area contributed by atoms with Crippen LogP contribution in [0.3, 0.4) is 0 Å². The molecular formula is C12H9F3N2O2S. The Kier molecular flexibility index (Phi) is 3.67. The molecule has 2 aromatic rings. The molecule has 0 bridgehead atoms. The van der Waals surface area contributed by atoms with Gasteiger partial charge in [-0.3, -0.25) is 4.72 Å². The molecule has 0 fully saturated rings. The molecule has 1 aromatic carbocycles. The lowest BCUT2D eigenvalue weighted by atomic mass is 10.2. The molecular weight excluding hydrogens is 293 g/mol. The van der Waals surface area contributed by atoms with Gasteiger partial charge in [0.1, 0.15) is 16.5 Å². The van der Waals surface area contributed by atoms with Crippen LogP contribution in [0.15, 0.2) is 35.4 Å². The summed E-state index contributed by atoms with van der Waals surface area (Å²) in [6, 6.07) is 3.53. The van der Waals surface area contributed by atoms with Gasteiger partial charge in [-0.05, 0) is 36.8 Å². The summed E-state index contributed by atoms with van der Waals surface area (Å²) < 4.78 is 65.9. The fourth-order valence-electron chi connectivity index (χ4n) is 1.48. The summed E-state index contributed by atoms with van der Waals surface area (Å²) in [5, 5.41) is 0. The van der Waals surface area contributed by atoms with E-state index in [0.29, 0.717) is 6.07 Å². The Morgan fingerprint density at radius 2 is 1.80 bits per heavy atom. The van der Waals surface area contributed by atoms with Crippen LogP contribution in [0.4, 0.5) is 19.0 Å². The van der Waals surface area contributed by atoms with Crippen molar-refractivity contribution in [3.8, 4) is 0 Å². The summed E-state index contributed by atoms with van der Waals surface area (Å²) in [5.41, 5.74) is -0.0366. The highest BCUT2D eigenvalue weighted by Gasteiger charge is 2.22. The summed E-state index contributed by atoms with van der Waals surface area (Å²) >= 11 is 0. The van der Waals surface area contributed by atoms with Crippen molar-refractivity contribution in [2.75, 3.05) is 4.72 Å². The van der Waals surface area contributed by atoms with Crippen LogP contribution in [0.1, 0.15) is 5.56 Å². The van der Waals surface area contributed by atoms with Crippen LogP contribution in [0.5, 0.6) is 0 Å². The molecule has 0 spiro atoms. The summed E-state index contributed by atoms with van der Waals surface area (Å²) in [6.07, 6.45) is 1.16. The minimum Gasteiger partial charge on any atom is -0.261 e. The topological polar surface area (TPSA) is 59.1 Å². The fourth-order valence-corrected chi connectivity index (χ4v) is 2.57. The largest absolute Gasteiger partial charge is 0.266 e. The van der Waals surface area contributed by atoms with Crippen LogP contribution < -0.4 is 4.72 Å². The van der Waals surface area contributed by atoms with E-state index in [0.717, 1.165) is 18.3 Å². The lowest BCUT2D eigenvalue weighted by Gasteiger charge is -2.09. The van der Waals surface area contributed by atoms with E-state index in [1.54, 1.807) is 4.72 Å². The first-order chi connectivity index (χ1) is 9.31. The summed E-state index contributed by atoms with van der Waals surface area (Å²) in [5.74, 6) is -3.53. The fraction of sp³-hybridized carbons (Fsp3) is 0.0833. The Morgan fingerprint density at radius 3 is 2.45 bits per heavy atom. The van der Waals surface area contributed by atoms with Crippen LogP contribution in [0, 0.1) is 24.4 Å². The van der Waals surface area contributed by atoms with E-state index < -0.39 is 38.2 Å². The van der Waals surface area contributed by atoms with E-state index in [9.17, 15) is 21.6 Å². The number of aromatic nitrogens is 1. The lowest BCUT2D eigenvalue weighted by molar-refractivity contribution is 0.551. The predicted molar refractivity (Wildman–Crippen MR) is 66.1 cm³/mol. The SMILES string of the molecule is Cc1cc(F)c(S(=O)(=O)Nc2ncccc2F)cc1F. The molecule has 106 valence electrons. The minimum atomic E-state index is -4.47. The van der Waals surface area contributed by atoms with Gasteiger partial charge in [0.05, 0.1) is 0 Å². The molecule has 2 rings (SSSR count). The van der Waals surface area contributed by atoms with Gasteiger partial charge in [0.15, 0.2) is 11.6 Å². The van der Waals surface area contributed by atoms with Gasteiger partial charge in [-0.1, -0.05) is 0 Å². The third kappa shape index (κ3) is 2.74.